The van der Waals surface area contributed by atoms with Crippen molar-refractivity contribution < 1.29 is 19.4 Å². The zero-order chi connectivity index (χ0) is 26.3. The van der Waals surface area contributed by atoms with Gasteiger partial charge in [-0.1, -0.05) is 41.9 Å². The number of aliphatic carboxylic acids is 1. The predicted molar refractivity (Wildman–Crippen MR) is 143 cm³/mol. The minimum atomic E-state index is -0.879. The van der Waals surface area contributed by atoms with Crippen molar-refractivity contribution in [3.63, 3.8) is 0 Å². The quantitative estimate of drug-likeness (QED) is 0.307. The lowest BCUT2D eigenvalue weighted by atomic mass is 10.2. The number of nitrogens with one attached hydrogen (secondary N) is 1. The molecule has 1 saturated carbocycles. The first kappa shape index (κ1) is 26.4. The van der Waals surface area contributed by atoms with Crippen LogP contribution in [0.1, 0.15) is 30.9 Å². The number of nitrogens with zero attached hydrogens (tertiary/aromatic N) is 4. The zero-order valence-electron chi connectivity index (χ0n) is 20.9. The molecule has 1 aromatic heterocycles. The Morgan fingerprint density at radius 1 is 1.24 bits per heavy atom. The number of hydrogen-bond acceptors (Lipinski definition) is 8. The van der Waals surface area contributed by atoms with Crippen molar-refractivity contribution in [3.05, 3.63) is 71.0 Å². The third-order valence-electron chi connectivity index (χ3n) is 5.84. The molecule has 2 N–H and O–H groups in total. The first-order chi connectivity index (χ1) is 17.8. The van der Waals surface area contributed by atoms with Crippen LogP contribution in [0.5, 0.6) is 11.6 Å². The highest BCUT2D eigenvalue weighted by Gasteiger charge is 2.41. The molecule has 0 saturated heterocycles. The molecule has 4 rings (SSSR count). The molecule has 0 unspecified atom stereocenters. The minimum Gasteiger partial charge on any atom is -0.492 e. The highest BCUT2D eigenvalue weighted by Crippen LogP contribution is 2.43. The van der Waals surface area contributed by atoms with E-state index in [1.807, 2.05) is 36.4 Å². The number of aromatic nitrogens is 2. The van der Waals surface area contributed by atoms with E-state index in [9.17, 15) is 4.79 Å². The van der Waals surface area contributed by atoms with E-state index in [-0.39, 0.29) is 12.1 Å². The maximum atomic E-state index is 10.8. The van der Waals surface area contributed by atoms with Gasteiger partial charge in [-0.3, -0.25) is 9.69 Å². The highest BCUT2D eigenvalue weighted by atomic mass is 35.5. The molecule has 0 aliphatic heterocycles. The number of carbonyl (C=O) groups is 1. The van der Waals surface area contributed by atoms with Crippen LogP contribution >= 0.6 is 11.6 Å². The molecule has 194 valence electrons. The summed E-state index contributed by atoms with van der Waals surface area (Å²) in [6.07, 6.45) is 5.06. The molecule has 0 radical (unpaired) electrons. The van der Waals surface area contributed by atoms with Crippen LogP contribution < -0.4 is 14.8 Å². The van der Waals surface area contributed by atoms with Crippen molar-refractivity contribution in [3.8, 4) is 11.6 Å². The summed E-state index contributed by atoms with van der Waals surface area (Å²) in [5.41, 5.74) is 2.08. The second-order valence-electron chi connectivity index (χ2n) is 9.19. The maximum absolute atomic E-state index is 10.8. The Kier molecular flexibility index (Phi) is 8.58. The molecule has 0 spiro atoms. The topological polar surface area (TPSA) is 109 Å². The third kappa shape index (κ3) is 7.90. The summed E-state index contributed by atoms with van der Waals surface area (Å²) in [5, 5.41) is 12.6. The Morgan fingerprint density at radius 2 is 2.03 bits per heavy atom. The second kappa shape index (κ2) is 12.0. The number of rotatable bonds is 13. The van der Waals surface area contributed by atoms with Gasteiger partial charge < -0.3 is 19.9 Å². The van der Waals surface area contributed by atoms with E-state index >= 15 is 0 Å². The van der Waals surface area contributed by atoms with Gasteiger partial charge in [0.2, 0.25) is 5.88 Å². The predicted octanol–water partition coefficient (Wildman–Crippen LogP) is 4.82. The van der Waals surface area contributed by atoms with Crippen LogP contribution in [-0.2, 0) is 11.3 Å². The number of halogens is 1. The normalized spacial score (nSPS) is 14.1. The number of hydrogen-bond donors (Lipinski definition) is 2. The summed E-state index contributed by atoms with van der Waals surface area (Å²) in [6.45, 7) is 3.39. The number of aliphatic imine (C=N–C) groups is 1. The Labute approximate surface area is 221 Å². The van der Waals surface area contributed by atoms with Gasteiger partial charge in [-0.2, -0.15) is 4.98 Å². The van der Waals surface area contributed by atoms with Gasteiger partial charge >= 0.3 is 5.97 Å². The van der Waals surface area contributed by atoms with Gasteiger partial charge in [0, 0.05) is 24.9 Å². The average molecular weight is 524 g/mol. The first-order valence-corrected chi connectivity index (χ1v) is 12.4. The monoisotopic (exact) mass is 523 g/mol. The van der Waals surface area contributed by atoms with Gasteiger partial charge in [0.1, 0.15) is 24.3 Å². The number of ether oxygens (including phenoxy) is 2. The minimum absolute atomic E-state index is 0.0459. The van der Waals surface area contributed by atoms with E-state index < -0.39 is 5.97 Å². The molecule has 0 bridgehead atoms. The molecule has 0 atom stereocenters. The first-order valence-electron chi connectivity index (χ1n) is 12.0. The average Bonchev–Trinajstić information content (AvgIpc) is 3.59. The summed E-state index contributed by atoms with van der Waals surface area (Å²) < 4.78 is 11.9. The van der Waals surface area contributed by atoms with Crippen molar-refractivity contribution >= 4 is 35.3 Å². The Morgan fingerprint density at radius 3 is 2.73 bits per heavy atom. The molecular weight excluding hydrogens is 494 g/mol. The molecule has 9 nitrogen and oxygen atoms in total. The highest BCUT2D eigenvalue weighted by molar-refractivity contribution is 6.33. The molecule has 0 amide bonds. The molecule has 1 fully saturated rings. The summed E-state index contributed by atoms with van der Waals surface area (Å²) >= 11 is 6.51. The number of carboxylic acids is 1. The standard InChI is InChI=1S/C27H30ClN5O4/c1-27(10-11-27)37-26-24(25(31-18-32-26)30-15-19-6-4-3-5-7-19)29-16-20-8-9-21(14-22(20)28)36-13-12-33(2)17-23(34)35/h3-9,14,16,18H,10-13,15,17H2,1-2H3,(H,34,35)(H,30,31,32)/b29-16+. The van der Waals surface area contributed by atoms with Crippen molar-refractivity contribution in [2.45, 2.75) is 31.9 Å². The molecule has 10 heteroatoms. The van der Waals surface area contributed by atoms with Crippen LogP contribution in [0.2, 0.25) is 5.02 Å². The van der Waals surface area contributed by atoms with Gasteiger partial charge in [-0.05, 0) is 50.6 Å². The van der Waals surface area contributed by atoms with E-state index in [2.05, 4.69) is 27.2 Å². The summed E-state index contributed by atoms with van der Waals surface area (Å²) in [4.78, 5) is 25.9. The number of anilines is 1. The van der Waals surface area contributed by atoms with Gasteiger partial charge in [-0.15, -0.1) is 0 Å². The third-order valence-corrected chi connectivity index (χ3v) is 6.17. The van der Waals surface area contributed by atoms with Crippen molar-refractivity contribution in [1.82, 2.24) is 14.9 Å². The Bertz CT molecular complexity index is 1250. The van der Waals surface area contributed by atoms with Crippen LogP contribution in [0.15, 0.2) is 59.9 Å². The van der Waals surface area contributed by atoms with Crippen LogP contribution in [0.25, 0.3) is 0 Å². The molecule has 1 heterocycles. The Hall–Kier alpha value is -3.69. The van der Waals surface area contributed by atoms with Crippen molar-refractivity contribution in [2.75, 3.05) is 32.1 Å². The fraction of sp³-hybridized carbons (Fsp3) is 0.333. The largest absolute Gasteiger partial charge is 0.492 e. The SMILES string of the molecule is CN(CCOc1ccc(/C=N/c2c(NCc3ccccc3)ncnc2OC2(C)CC2)c(Cl)c1)CC(=O)O. The van der Waals surface area contributed by atoms with Gasteiger partial charge in [-0.25, -0.2) is 9.98 Å². The van der Waals surface area contributed by atoms with E-state index in [1.54, 1.807) is 30.3 Å². The zero-order valence-corrected chi connectivity index (χ0v) is 21.6. The van der Waals surface area contributed by atoms with E-state index in [4.69, 9.17) is 26.2 Å². The lowest BCUT2D eigenvalue weighted by molar-refractivity contribution is -0.138. The van der Waals surface area contributed by atoms with Gasteiger partial charge in [0.25, 0.3) is 0 Å². The van der Waals surface area contributed by atoms with E-state index in [0.717, 1.165) is 18.4 Å². The molecule has 37 heavy (non-hydrogen) atoms. The Balaban J connectivity index is 1.48. The molecular formula is C27H30ClN5O4. The van der Waals surface area contributed by atoms with Crippen LogP contribution in [0.4, 0.5) is 11.5 Å². The summed E-state index contributed by atoms with van der Waals surface area (Å²) in [7, 11) is 1.72. The molecule has 2 aromatic carbocycles. The van der Waals surface area contributed by atoms with Gasteiger partial charge in [0.15, 0.2) is 11.5 Å². The van der Waals surface area contributed by atoms with Crippen molar-refractivity contribution in [2.24, 2.45) is 4.99 Å². The fourth-order valence-corrected chi connectivity index (χ4v) is 3.66. The molecule has 1 aliphatic rings. The van der Waals surface area contributed by atoms with Crippen LogP contribution in [-0.4, -0.2) is 64.5 Å². The number of carboxylic acid groups (broad SMARTS) is 1. The lowest BCUT2D eigenvalue weighted by Crippen LogP contribution is -2.29. The van der Waals surface area contributed by atoms with Crippen molar-refractivity contribution in [1.29, 1.82) is 0 Å². The van der Waals surface area contributed by atoms with Crippen LogP contribution in [0, 0.1) is 0 Å². The number of benzene rings is 2. The smallest absolute Gasteiger partial charge is 0.317 e. The second-order valence-corrected chi connectivity index (χ2v) is 9.60. The van der Waals surface area contributed by atoms with E-state index in [1.165, 1.54) is 6.33 Å². The summed E-state index contributed by atoms with van der Waals surface area (Å²) in [5.74, 6) is 0.695. The maximum Gasteiger partial charge on any atom is 0.317 e. The van der Waals surface area contributed by atoms with Crippen LogP contribution in [0.3, 0.4) is 0 Å². The molecule has 3 aromatic rings. The lowest BCUT2D eigenvalue weighted by Gasteiger charge is -2.16. The fourth-order valence-electron chi connectivity index (χ4n) is 3.44. The number of likely N-dealkylation sites (N-methyl/N-ethyl adjacent to an activating group) is 1. The summed E-state index contributed by atoms with van der Waals surface area (Å²) in [6, 6.07) is 15.3. The van der Waals surface area contributed by atoms with Gasteiger partial charge in [0.05, 0.1) is 11.6 Å². The van der Waals surface area contributed by atoms with E-state index in [0.29, 0.717) is 53.4 Å². The molecule has 1 aliphatic carbocycles.